The molecule has 3 aromatic carbocycles. The molecule has 2 N–H and O–H groups in total. The Balaban J connectivity index is 1.43. The minimum absolute atomic E-state index is 0.122. The predicted octanol–water partition coefficient (Wildman–Crippen LogP) is 4.24. The summed E-state index contributed by atoms with van der Waals surface area (Å²) in [6, 6.07) is 26.7. The maximum atomic E-state index is 12.7. The van der Waals surface area contributed by atoms with Gasteiger partial charge in [-0.1, -0.05) is 66.7 Å². The number of fused-ring (bicyclic) bond motifs is 1. The van der Waals surface area contributed by atoms with Crippen LogP contribution < -0.4 is 10.1 Å². The molecule has 1 amide bonds. The van der Waals surface area contributed by atoms with E-state index >= 15 is 0 Å². The Morgan fingerprint density at radius 3 is 2.44 bits per heavy atom. The molecule has 1 aromatic heterocycles. The first-order valence-electron chi connectivity index (χ1n) is 10.2. The maximum Gasteiger partial charge on any atom is 0.326 e. The third-order valence-corrected chi connectivity index (χ3v) is 5.02. The van der Waals surface area contributed by atoms with Crippen LogP contribution >= 0.6 is 0 Å². The first kappa shape index (κ1) is 21.1. The second-order valence-corrected chi connectivity index (χ2v) is 7.38. The van der Waals surface area contributed by atoms with Crippen molar-refractivity contribution in [2.75, 3.05) is 0 Å². The van der Waals surface area contributed by atoms with Gasteiger partial charge in [0.1, 0.15) is 24.1 Å². The fourth-order valence-corrected chi connectivity index (χ4v) is 3.36. The van der Waals surface area contributed by atoms with Crippen molar-refractivity contribution in [2.24, 2.45) is 0 Å². The smallest absolute Gasteiger partial charge is 0.326 e. The Morgan fingerprint density at radius 1 is 0.875 bits per heavy atom. The molecule has 0 bridgehead atoms. The van der Waals surface area contributed by atoms with Crippen molar-refractivity contribution < 1.29 is 19.4 Å². The maximum absolute atomic E-state index is 12.7. The van der Waals surface area contributed by atoms with Crippen molar-refractivity contribution in [2.45, 2.75) is 19.1 Å². The van der Waals surface area contributed by atoms with Gasteiger partial charge in [0.25, 0.3) is 5.91 Å². The summed E-state index contributed by atoms with van der Waals surface area (Å²) in [5.74, 6) is -1.01. The van der Waals surface area contributed by atoms with Gasteiger partial charge < -0.3 is 15.2 Å². The SMILES string of the molecule is O=C(N[C@@H](Cc1cccc(OCc2ccccc2)c1)C(=O)O)c1ccc2ccccc2n1. The molecule has 0 aliphatic carbocycles. The Kier molecular flexibility index (Phi) is 6.41. The summed E-state index contributed by atoms with van der Waals surface area (Å²) in [5, 5.41) is 13.1. The monoisotopic (exact) mass is 426 g/mol. The Labute approximate surface area is 185 Å². The van der Waals surface area contributed by atoms with Crippen LogP contribution in [0.1, 0.15) is 21.6 Å². The van der Waals surface area contributed by atoms with Gasteiger partial charge >= 0.3 is 5.97 Å². The number of hydrogen-bond acceptors (Lipinski definition) is 4. The van der Waals surface area contributed by atoms with Crippen LogP contribution in [0.3, 0.4) is 0 Å². The number of benzene rings is 3. The Hall–Kier alpha value is -4.19. The van der Waals surface area contributed by atoms with Gasteiger partial charge in [0.15, 0.2) is 0 Å². The zero-order valence-electron chi connectivity index (χ0n) is 17.3. The third kappa shape index (κ3) is 5.29. The highest BCUT2D eigenvalue weighted by atomic mass is 16.5. The van der Waals surface area contributed by atoms with E-state index < -0.39 is 17.9 Å². The number of nitrogens with zero attached hydrogens (tertiary/aromatic N) is 1. The van der Waals surface area contributed by atoms with Gasteiger partial charge in [0.05, 0.1) is 5.52 Å². The molecule has 0 saturated heterocycles. The van der Waals surface area contributed by atoms with E-state index in [4.69, 9.17) is 4.74 Å². The quantitative estimate of drug-likeness (QED) is 0.440. The minimum Gasteiger partial charge on any atom is -0.489 e. The lowest BCUT2D eigenvalue weighted by Crippen LogP contribution is -2.42. The molecule has 6 heteroatoms. The normalized spacial score (nSPS) is 11.6. The fourth-order valence-electron chi connectivity index (χ4n) is 3.36. The highest BCUT2D eigenvalue weighted by Gasteiger charge is 2.22. The van der Waals surface area contributed by atoms with Crippen LogP contribution in [0.2, 0.25) is 0 Å². The molecule has 0 aliphatic rings. The number of ether oxygens (including phenoxy) is 1. The molecule has 0 radical (unpaired) electrons. The molecule has 4 rings (SSSR count). The summed E-state index contributed by atoms with van der Waals surface area (Å²) >= 11 is 0. The van der Waals surface area contributed by atoms with Crippen LogP contribution in [0, 0.1) is 0 Å². The highest BCUT2D eigenvalue weighted by molar-refractivity contribution is 5.97. The molecule has 0 unspecified atom stereocenters. The van der Waals surface area contributed by atoms with E-state index in [1.54, 1.807) is 24.3 Å². The van der Waals surface area contributed by atoms with Gasteiger partial charge in [-0.3, -0.25) is 4.79 Å². The number of aromatic nitrogens is 1. The number of carboxylic acid groups (broad SMARTS) is 1. The van der Waals surface area contributed by atoms with Crippen molar-refractivity contribution in [1.82, 2.24) is 10.3 Å². The topological polar surface area (TPSA) is 88.5 Å². The lowest BCUT2D eigenvalue weighted by atomic mass is 10.1. The number of para-hydroxylation sites is 1. The Morgan fingerprint density at radius 2 is 1.62 bits per heavy atom. The van der Waals surface area contributed by atoms with E-state index in [2.05, 4.69) is 10.3 Å². The molecule has 1 atom stereocenters. The number of rotatable bonds is 8. The average molecular weight is 426 g/mol. The summed E-state index contributed by atoms with van der Waals surface area (Å²) in [7, 11) is 0. The number of carboxylic acids is 1. The van der Waals surface area contributed by atoms with Gasteiger partial charge in [-0.2, -0.15) is 0 Å². The molecule has 32 heavy (non-hydrogen) atoms. The molecular weight excluding hydrogens is 404 g/mol. The number of carbonyl (C=O) groups excluding carboxylic acids is 1. The number of amides is 1. The second kappa shape index (κ2) is 9.75. The summed E-state index contributed by atoms with van der Waals surface area (Å²) in [6.07, 6.45) is 0.122. The molecule has 0 saturated carbocycles. The molecule has 160 valence electrons. The van der Waals surface area contributed by atoms with Crippen LogP contribution in [0.4, 0.5) is 0 Å². The standard InChI is InChI=1S/C26H22N2O4/c29-25(23-14-13-20-10-4-5-12-22(20)27-23)28-24(26(30)31)16-19-9-6-11-21(15-19)32-17-18-7-2-1-3-8-18/h1-15,24H,16-17H2,(H,28,29)(H,30,31)/t24-/m0/s1. The van der Waals surface area contributed by atoms with Crippen molar-refractivity contribution in [3.63, 3.8) is 0 Å². The number of pyridine rings is 1. The Bertz CT molecular complexity index is 1240. The largest absolute Gasteiger partial charge is 0.489 e. The van der Waals surface area contributed by atoms with Gasteiger partial charge in [0.2, 0.25) is 0 Å². The number of carbonyl (C=O) groups is 2. The molecule has 0 spiro atoms. The predicted molar refractivity (Wildman–Crippen MR) is 122 cm³/mol. The van der Waals surface area contributed by atoms with Gasteiger partial charge in [-0.15, -0.1) is 0 Å². The van der Waals surface area contributed by atoms with E-state index in [1.807, 2.05) is 66.7 Å². The van der Waals surface area contributed by atoms with E-state index in [0.29, 0.717) is 17.9 Å². The molecule has 1 heterocycles. The van der Waals surface area contributed by atoms with Crippen LogP contribution in [0.25, 0.3) is 10.9 Å². The molecule has 0 aliphatic heterocycles. The van der Waals surface area contributed by atoms with Crippen LogP contribution in [0.5, 0.6) is 5.75 Å². The summed E-state index contributed by atoms with van der Waals surface area (Å²) in [5.41, 5.74) is 2.64. The minimum atomic E-state index is -1.12. The average Bonchev–Trinajstić information content (AvgIpc) is 2.83. The first-order valence-corrected chi connectivity index (χ1v) is 10.2. The van der Waals surface area contributed by atoms with Crippen molar-refractivity contribution in [3.8, 4) is 5.75 Å². The van der Waals surface area contributed by atoms with Crippen LogP contribution in [-0.2, 0) is 17.8 Å². The van der Waals surface area contributed by atoms with E-state index in [-0.39, 0.29) is 12.1 Å². The van der Waals surface area contributed by atoms with Gasteiger partial charge in [-0.25, -0.2) is 9.78 Å². The zero-order chi connectivity index (χ0) is 22.3. The fraction of sp³-hybridized carbons (Fsp3) is 0.115. The van der Waals surface area contributed by atoms with E-state index in [1.165, 1.54) is 0 Å². The van der Waals surface area contributed by atoms with Crippen molar-refractivity contribution >= 4 is 22.8 Å². The van der Waals surface area contributed by atoms with Crippen molar-refractivity contribution in [3.05, 3.63) is 108 Å². The highest BCUT2D eigenvalue weighted by Crippen LogP contribution is 2.17. The third-order valence-electron chi connectivity index (χ3n) is 5.02. The number of aliphatic carboxylic acids is 1. The van der Waals surface area contributed by atoms with Crippen LogP contribution in [0.15, 0.2) is 91.0 Å². The lowest BCUT2D eigenvalue weighted by Gasteiger charge is -2.15. The summed E-state index contributed by atoms with van der Waals surface area (Å²) < 4.78 is 5.82. The van der Waals surface area contributed by atoms with Crippen molar-refractivity contribution in [1.29, 1.82) is 0 Å². The molecule has 6 nitrogen and oxygen atoms in total. The number of hydrogen-bond donors (Lipinski definition) is 2. The van der Waals surface area contributed by atoms with Crippen LogP contribution in [-0.4, -0.2) is 28.0 Å². The summed E-state index contributed by atoms with van der Waals surface area (Å²) in [6.45, 7) is 0.414. The van der Waals surface area contributed by atoms with Gasteiger partial charge in [-0.05, 0) is 35.4 Å². The van der Waals surface area contributed by atoms with Gasteiger partial charge in [0, 0.05) is 11.8 Å². The molecular formula is C26H22N2O4. The second-order valence-electron chi connectivity index (χ2n) is 7.38. The zero-order valence-corrected chi connectivity index (χ0v) is 17.3. The first-order chi connectivity index (χ1) is 15.6. The molecule has 4 aromatic rings. The summed E-state index contributed by atoms with van der Waals surface area (Å²) in [4.78, 5) is 28.8. The van der Waals surface area contributed by atoms with E-state index in [9.17, 15) is 14.7 Å². The molecule has 0 fully saturated rings. The number of nitrogens with one attached hydrogen (secondary N) is 1. The lowest BCUT2D eigenvalue weighted by molar-refractivity contribution is -0.139. The van der Waals surface area contributed by atoms with E-state index in [0.717, 1.165) is 16.5 Å².